The Labute approximate surface area is 169 Å². The third-order valence-electron chi connectivity index (χ3n) is 5.00. The Bertz CT molecular complexity index is 953. The minimum absolute atomic E-state index is 0.0397. The minimum Gasteiger partial charge on any atom is -0.490 e. The molecule has 7 nitrogen and oxygen atoms in total. The standard InChI is InChI=1S/C22H22N4O3/c1-2-14-29-17-7-5-6-16(15-17)21(28)25-10-12-26(13-11-25)22-23-19-9-4-3-8-18(19)20(27)24-22/h2-9,15,18H,1,10-14H2. The monoisotopic (exact) mass is 390 g/mol. The Hall–Kier alpha value is -3.48. The van der Waals surface area contributed by atoms with E-state index in [1.165, 1.54) is 0 Å². The molecule has 1 unspecified atom stereocenters. The van der Waals surface area contributed by atoms with E-state index in [1.54, 1.807) is 23.1 Å². The molecule has 7 heteroatoms. The van der Waals surface area contributed by atoms with Crippen molar-refractivity contribution >= 4 is 23.5 Å². The number of carbonyl (C=O) groups is 2. The first kappa shape index (κ1) is 18.9. The van der Waals surface area contributed by atoms with Crippen LogP contribution in [0.25, 0.3) is 0 Å². The molecular weight excluding hydrogens is 368 g/mol. The summed E-state index contributed by atoms with van der Waals surface area (Å²) in [6.45, 7) is 6.24. The number of amides is 2. The number of allylic oxidation sites excluding steroid dienone is 3. The lowest BCUT2D eigenvalue weighted by Gasteiger charge is -2.36. The number of carbonyl (C=O) groups excluding carboxylic acids is 2. The lowest BCUT2D eigenvalue weighted by atomic mass is 9.97. The van der Waals surface area contributed by atoms with Gasteiger partial charge in [-0.3, -0.25) is 9.59 Å². The molecule has 2 heterocycles. The molecule has 0 bridgehead atoms. The van der Waals surface area contributed by atoms with Crippen molar-refractivity contribution in [1.82, 2.24) is 9.80 Å². The van der Waals surface area contributed by atoms with Crippen molar-refractivity contribution in [1.29, 1.82) is 0 Å². The third-order valence-corrected chi connectivity index (χ3v) is 5.00. The summed E-state index contributed by atoms with van der Waals surface area (Å²) in [7, 11) is 0. The number of ether oxygens (including phenoxy) is 1. The number of hydrogen-bond acceptors (Lipinski definition) is 5. The quantitative estimate of drug-likeness (QED) is 0.738. The Balaban J connectivity index is 1.40. The summed E-state index contributed by atoms with van der Waals surface area (Å²) in [6, 6.07) is 7.16. The molecule has 0 saturated carbocycles. The second-order valence-electron chi connectivity index (χ2n) is 6.92. The normalized spacial score (nSPS) is 20.7. The SMILES string of the molecule is C=CCOc1cccc(C(=O)N2CCN(C3=NC(=O)C4C=CC=CC4=N3)CC2)c1. The second kappa shape index (κ2) is 8.26. The van der Waals surface area contributed by atoms with Gasteiger partial charge in [0.2, 0.25) is 5.96 Å². The van der Waals surface area contributed by atoms with Gasteiger partial charge in [-0.1, -0.05) is 36.9 Å². The lowest BCUT2D eigenvalue weighted by Crippen LogP contribution is -2.51. The Morgan fingerprint density at radius 2 is 2.03 bits per heavy atom. The number of hydrogen-bond donors (Lipinski definition) is 0. The van der Waals surface area contributed by atoms with E-state index in [-0.39, 0.29) is 17.7 Å². The first-order valence-corrected chi connectivity index (χ1v) is 9.59. The molecule has 29 heavy (non-hydrogen) atoms. The van der Waals surface area contributed by atoms with Gasteiger partial charge in [0.1, 0.15) is 18.3 Å². The fourth-order valence-electron chi connectivity index (χ4n) is 3.46. The summed E-state index contributed by atoms with van der Waals surface area (Å²) in [4.78, 5) is 37.6. The van der Waals surface area contributed by atoms with E-state index >= 15 is 0 Å². The Morgan fingerprint density at radius 1 is 1.21 bits per heavy atom. The topological polar surface area (TPSA) is 74.6 Å². The number of fused-ring (bicyclic) bond motifs is 1. The molecule has 148 valence electrons. The molecule has 1 aliphatic carbocycles. The largest absolute Gasteiger partial charge is 0.490 e. The van der Waals surface area contributed by atoms with Gasteiger partial charge in [0.05, 0.1) is 5.71 Å². The Morgan fingerprint density at radius 3 is 2.83 bits per heavy atom. The predicted molar refractivity (Wildman–Crippen MR) is 111 cm³/mol. The predicted octanol–water partition coefficient (Wildman–Crippen LogP) is 2.09. The van der Waals surface area contributed by atoms with Crippen molar-refractivity contribution in [2.24, 2.45) is 15.9 Å². The highest BCUT2D eigenvalue weighted by atomic mass is 16.5. The zero-order chi connectivity index (χ0) is 20.2. The van der Waals surface area contributed by atoms with Crippen LogP contribution in [0.5, 0.6) is 5.75 Å². The van der Waals surface area contributed by atoms with Crippen molar-refractivity contribution in [3.05, 3.63) is 66.8 Å². The fourth-order valence-corrected chi connectivity index (χ4v) is 3.46. The maximum absolute atomic E-state index is 12.9. The highest BCUT2D eigenvalue weighted by molar-refractivity contribution is 6.21. The van der Waals surface area contributed by atoms with E-state index in [2.05, 4.69) is 16.6 Å². The van der Waals surface area contributed by atoms with Crippen molar-refractivity contribution in [3.63, 3.8) is 0 Å². The first-order valence-electron chi connectivity index (χ1n) is 9.59. The van der Waals surface area contributed by atoms with Gasteiger partial charge in [-0.05, 0) is 24.3 Å². The van der Waals surface area contributed by atoms with E-state index in [4.69, 9.17) is 4.74 Å². The van der Waals surface area contributed by atoms with E-state index in [0.717, 1.165) is 5.71 Å². The van der Waals surface area contributed by atoms with Crippen LogP contribution in [0, 0.1) is 5.92 Å². The van der Waals surface area contributed by atoms with Crippen LogP contribution < -0.4 is 4.74 Å². The molecule has 4 rings (SSSR count). The molecule has 1 atom stereocenters. The molecule has 1 fully saturated rings. The van der Waals surface area contributed by atoms with E-state index in [0.29, 0.717) is 50.1 Å². The van der Waals surface area contributed by atoms with Crippen LogP contribution in [0.15, 0.2) is 71.2 Å². The van der Waals surface area contributed by atoms with Crippen molar-refractivity contribution in [3.8, 4) is 5.75 Å². The highest BCUT2D eigenvalue weighted by Crippen LogP contribution is 2.19. The molecule has 0 N–H and O–H groups in total. The molecule has 2 aliphatic heterocycles. The summed E-state index contributed by atoms with van der Waals surface area (Å²) in [5, 5.41) is 0. The lowest BCUT2D eigenvalue weighted by molar-refractivity contribution is -0.118. The van der Waals surface area contributed by atoms with Gasteiger partial charge >= 0.3 is 0 Å². The van der Waals surface area contributed by atoms with E-state index in [1.807, 2.05) is 41.3 Å². The fraction of sp³-hybridized carbons (Fsp3) is 0.273. The van der Waals surface area contributed by atoms with Gasteiger partial charge in [0.25, 0.3) is 11.8 Å². The maximum Gasteiger partial charge on any atom is 0.261 e. The maximum atomic E-state index is 12.9. The van der Waals surface area contributed by atoms with Crippen LogP contribution in [0.2, 0.25) is 0 Å². The summed E-state index contributed by atoms with van der Waals surface area (Å²) in [5.41, 5.74) is 1.31. The molecule has 0 radical (unpaired) electrons. The molecule has 1 aromatic rings. The Kier molecular flexibility index (Phi) is 5.37. The summed E-state index contributed by atoms with van der Waals surface area (Å²) in [6.07, 6.45) is 9.03. The molecule has 2 amide bonds. The molecule has 3 aliphatic rings. The molecule has 1 saturated heterocycles. The number of rotatable bonds is 4. The van der Waals surface area contributed by atoms with Crippen molar-refractivity contribution in [2.75, 3.05) is 32.8 Å². The average molecular weight is 390 g/mol. The van der Waals surface area contributed by atoms with Gasteiger partial charge in [0.15, 0.2) is 0 Å². The number of nitrogens with zero attached hydrogens (tertiary/aromatic N) is 4. The van der Waals surface area contributed by atoms with Crippen LogP contribution in [0.1, 0.15) is 10.4 Å². The summed E-state index contributed by atoms with van der Waals surface area (Å²) < 4.78 is 5.51. The van der Waals surface area contributed by atoms with E-state index < -0.39 is 0 Å². The number of aliphatic imine (C=N–C) groups is 2. The molecule has 0 spiro atoms. The van der Waals surface area contributed by atoms with Crippen LogP contribution in [-0.2, 0) is 4.79 Å². The van der Waals surface area contributed by atoms with Crippen molar-refractivity contribution in [2.45, 2.75) is 0 Å². The second-order valence-corrected chi connectivity index (χ2v) is 6.92. The van der Waals surface area contributed by atoms with Crippen LogP contribution in [0.3, 0.4) is 0 Å². The zero-order valence-corrected chi connectivity index (χ0v) is 16.0. The van der Waals surface area contributed by atoms with Gasteiger partial charge < -0.3 is 14.5 Å². The van der Waals surface area contributed by atoms with Gasteiger partial charge in [0, 0.05) is 31.7 Å². The van der Waals surface area contributed by atoms with Crippen molar-refractivity contribution < 1.29 is 14.3 Å². The number of piperazine rings is 1. The highest BCUT2D eigenvalue weighted by Gasteiger charge is 2.30. The van der Waals surface area contributed by atoms with Gasteiger partial charge in [-0.2, -0.15) is 4.99 Å². The first-order chi connectivity index (χ1) is 14.2. The summed E-state index contributed by atoms with van der Waals surface area (Å²) >= 11 is 0. The minimum atomic E-state index is -0.373. The van der Waals surface area contributed by atoms with E-state index in [9.17, 15) is 9.59 Å². The summed E-state index contributed by atoms with van der Waals surface area (Å²) in [5.74, 6) is 0.474. The molecule has 1 aromatic carbocycles. The molecule has 0 aromatic heterocycles. The van der Waals surface area contributed by atoms with Gasteiger partial charge in [-0.15, -0.1) is 0 Å². The number of benzene rings is 1. The zero-order valence-electron chi connectivity index (χ0n) is 16.0. The third kappa shape index (κ3) is 4.03. The smallest absolute Gasteiger partial charge is 0.261 e. The van der Waals surface area contributed by atoms with Crippen LogP contribution in [0.4, 0.5) is 0 Å². The average Bonchev–Trinajstić information content (AvgIpc) is 2.77. The van der Waals surface area contributed by atoms with Gasteiger partial charge in [-0.25, -0.2) is 4.99 Å². The number of guanidine groups is 1. The molecular formula is C22H22N4O3. The van der Waals surface area contributed by atoms with Crippen LogP contribution >= 0.6 is 0 Å². The van der Waals surface area contributed by atoms with Crippen LogP contribution in [-0.4, -0.2) is 66.1 Å².